The summed E-state index contributed by atoms with van der Waals surface area (Å²) in [5.74, 6) is -1.92. The molecular formula is C34H42F2N2O3. The van der Waals surface area contributed by atoms with Crippen LogP contribution in [0, 0.1) is 17.6 Å². The third kappa shape index (κ3) is 9.91. The number of benzene rings is 2. The number of rotatable bonds is 18. The fourth-order valence-corrected chi connectivity index (χ4v) is 4.85. The number of nitrogens with zero attached hydrogens (tertiary/aromatic N) is 2. The Bertz CT molecular complexity index is 1230. The summed E-state index contributed by atoms with van der Waals surface area (Å²) in [4.78, 5) is 21.5. The van der Waals surface area contributed by atoms with Gasteiger partial charge in [0, 0.05) is 18.0 Å². The van der Waals surface area contributed by atoms with Gasteiger partial charge in [0.2, 0.25) is 5.82 Å². The summed E-state index contributed by atoms with van der Waals surface area (Å²) in [6.45, 7) is 2.53. The first-order valence-electron chi connectivity index (χ1n) is 15.3. The van der Waals surface area contributed by atoms with Crippen LogP contribution in [-0.4, -0.2) is 22.5 Å². The van der Waals surface area contributed by atoms with Crippen molar-refractivity contribution in [1.29, 1.82) is 0 Å². The van der Waals surface area contributed by atoms with Gasteiger partial charge in [0.15, 0.2) is 17.4 Å². The van der Waals surface area contributed by atoms with Gasteiger partial charge in [-0.2, -0.15) is 4.39 Å². The van der Waals surface area contributed by atoms with Crippen molar-refractivity contribution in [2.75, 3.05) is 6.61 Å². The third-order valence-electron chi connectivity index (χ3n) is 7.58. The molecule has 0 spiro atoms. The molecule has 0 bridgehead atoms. The van der Waals surface area contributed by atoms with Crippen molar-refractivity contribution in [3.05, 3.63) is 71.6 Å². The van der Waals surface area contributed by atoms with E-state index in [2.05, 4.69) is 16.9 Å². The van der Waals surface area contributed by atoms with Gasteiger partial charge < -0.3 is 9.47 Å². The number of esters is 1. The van der Waals surface area contributed by atoms with E-state index in [1.54, 1.807) is 24.3 Å². The minimum absolute atomic E-state index is 0.195. The molecule has 7 heteroatoms. The number of halogens is 2. The van der Waals surface area contributed by atoms with Gasteiger partial charge in [-0.15, -0.1) is 0 Å². The molecule has 0 amide bonds. The zero-order valence-corrected chi connectivity index (χ0v) is 24.2. The Morgan fingerprint density at radius 3 is 2.24 bits per heavy atom. The SMILES string of the molecule is CCCCCCCCc1cnc(-c2ccc(OC(=O)c3ccc(OCCCCCCC4CC4)c(F)c3F)cc2)nc1. The fourth-order valence-electron chi connectivity index (χ4n) is 4.85. The summed E-state index contributed by atoms with van der Waals surface area (Å²) >= 11 is 0. The van der Waals surface area contributed by atoms with E-state index in [9.17, 15) is 13.6 Å². The summed E-state index contributed by atoms with van der Waals surface area (Å²) in [6.07, 6.45) is 20.3. The fraction of sp³-hybridized carbons (Fsp3) is 0.500. The first-order valence-corrected chi connectivity index (χ1v) is 15.3. The number of aryl methyl sites for hydroxylation is 1. The van der Waals surface area contributed by atoms with Gasteiger partial charge in [-0.1, -0.05) is 77.6 Å². The molecule has 4 rings (SSSR count). The molecule has 0 aliphatic heterocycles. The average Bonchev–Trinajstić information content (AvgIpc) is 3.82. The number of hydrogen-bond donors (Lipinski definition) is 0. The second-order valence-electron chi connectivity index (χ2n) is 11.1. The van der Waals surface area contributed by atoms with Crippen LogP contribution in [0.25, 0.3) is 11.4 Å². The van der Waals surface area contributed by atoms with E-state index in [-0.39, 0.29) is 11.5 Å². The van der Waals surface area contributed by atoms with E-state index in [0.29, 0.717) is 12.4 Å². The zero-order valence-electron chi connectivity index (χ0n) is 24.2. The maximum atomic E-state index is 14.7. The predicted octanol–water partition coefficient (Wildman–Crippen LogP) is 9.28. The molecule has 1 aliphatic rings. The monoisotopic (exact) mass is 564 g/mol. The molecule has 1 heterocycles. The molecule has 1 aromatic heterocycles. The van der Waals surface area contributed by atoms with Gasteiger partial charge in [0.05, 0.1) is 12.2 Å². The van der Waals surface area contributed by atoms with Gasteiger partial charge in [-0.25, -0.2) is 19.2 Å². The molecule has 1 saturated carbocycles. The Balaban J connectivity index is 1.22. The van der Waals surface area contributed by atoms with E-state index in [1.807, 2.05) is 12.4 Å². The third-order valence-corrected chi connectivity index (χ3v) is 7.58. The number of ether oxygens (including phenoxy) is 2. The minimum Gasteiger partial charge on any atom is -0.490 e. The second kappa shape index (κ2) is 16.2. The largest absolute Gasteiger partial charge is 0.490 e. The van der Waals surface area contributed by atoms with Crippen molar-refractivity contribution < 1.29 is 23.0 Å². The van der Waals surface area contributed by atoms with E-state index < -0.39 is 23.2 Å². The lowest BCUT2D eigenvalue weighted by molar-refractivity contribution is 0.0728. The van der Waals surface area contributed by atoms with Crippen LogP contribution in [-0.2, 0) is 6.42 Å². The summed E-state index contributed by atoms with van der Waals surface area (Å²) < 4.78 is 40.0. The van der Waals surface area contributed by atoms with Crippen molar-refractivity contribution >= 4 is 5.97 Å². The molecule has 0 atom stereocenters. The Morgan fingerprint density at radius 1 is 0.829 bits per heavy atom. The van der Waals surface area contributed by atoms with E-state index in [4.69, 9.17) is 9.47 Å². The van der Waals surface area contributed by atoms with Crippen LogP contribution in [0.1, 0.15) is 106 Å². The molecule has 0 N–H and O–H groups in total. The zero-order chi connectivity index (χ0) is 28.9. The molecule has 220 valence electrons. The molecular weight excluding hydrogens is 522 g/mol. The first kappa shape index (κ1) is 30.6. The minimum atomic E-state index is -1.27. The Labute approximate surface area is 242 Å². The molecule has 0 radical (unpaired) electrons. The molecule has 1 fully saturated rings. The van der Waals surface area contributed by atoms with Crippen LogP contribution in [0.15, 0.2) is 48.8 Å². The lowest BCUT2D eigenvalue weighted by Crippen LogP contribution is -2.12. The number of aromatic nitrogens is 2. The van der Waals surface area contributed by atoms with Gasteiger partial charge in [0.1, 0.15) is 5.75 Å². The molecule has 5 nitrogen and oxygen atoms in total. The van der Waals surface area contributed by atoms with E-state index >= 15 is 0 Å². The van der Waals surface area contributed by atoms with E-state index in [1.165, 1.54) is 69.9 Å². The van der Waals surface area contributed by atoms with E-state index in [0.717, 1.165) is 49.1 Å². The first-order chi connectivity index (χ1) is 20.0. The highest BCUT2D eigenvalue weighted by Gasteiger charge is 2.22. The molecule has 3 aromatic rings. The molecule has 0 unspecified atom stereocenters. The van der Waals surface area contributed by atoms with Crippen molar-refractivity contribution in [3.63, 3.8) is 0 Å². The lowest BCUT2D eigenvalue weighted by atomic mass is 10.1. The molecule has 0 saturated heterocycles. The molecule has 41 heavy (non-hydrogen) atoms. The van der Waals surface area contributed by atoms with Crippen molar-refractivity contribution in [3.8, 4) is 22.9 Å². The van der Waals surface area contributed by atoms with Crippen LogP contribution in [0.2, 0.25) is 0 Å². The lowest BCUT2D eigenvalue weighted by Gasteiger charge is -2.10. The Hall–Kier alpha value is -3.35. The standard InChI is InChI=1S/C34H42F2N2O3/c1-2-3-4-5-6-10-13-26-23-37-33(38-24-26)27-16-18-28(19-17-27)41-34(39)29-20-21-30(32(36)31(29)35)40-22-11-8-7-9-12-25-14-15-25/h16-21,23-25H,2-15,22H2,1H3. The highest BCUT2D eigenvalue weighted by Crippen LogP contribution is 2.34. The summed E-state index contributed by atoms with van der Waals surface area (Å²) in [5, 5.41) is 0. The number of carbonyl (C=O) groups is 1. The highest BCUT2D eigenvalue weighted by atomic mass is 19.2. The maximum Gasteiger partial charge on any atom is 0.346 e. The summed E-state index contributed by atoms with van der Waals surface area (Å²) in [5.41, 5.74) is 1.39. The second-order valence-corrected chi connectivity index (χ2v) is 11.1. The van der Waals surface area contributed by atoms with Crippen LogP contribution in [0.4, 0.5) is 8.78 Å². The summed E-state index contributed by atoms with van der Waals surface area (Å²) in [6, 6.07) is 9.09. The highest BCUT2D eigenvalue weighted by molar-refractivity contribution is 5.91. The Kier molecular flexibility index (Phi) is 12.1. The topological polar surface area (TPSA) is 61.3 Å². The van der Waals surface area contributed by atoms with Crippen molar-refractivity contribution in [2.45, 2.75) is 96.8 Å². The normalized spacial score (nSPS) is 12.9. The quantitative estimate of drug-likeness (QED) is 0.0875. The number of hydrogen-bond acceptors (Lipinski definition) is 5. The smallest absolute Gasteiger partial charge is 0.346 e. The predicted molar refractivity (Wildman–Crippen MR) is 157 cm³/mol. The summed E-state index contributed by atoms with van der Waals surface area (Å²) in [7, 11) is 0. The Morgan fingerprint density at radius 2 is 1.51 bits per heavy atom. The van der Waals surface area contributed by atoms with Crippen LogP contribution >= 0.6 is 0 Å². The van der Waals surface area contributed by atoms with Crippen LogP contribution in [0.3, 0.4) is 0 Å². The maximum absolute atomic E-state index is 14.7. The number of unbranched alkanes of at least 4 members (excludes halogenated alkanes) is 8. The van der Waals surface area contributed by atoms with Crippen molar-refractivity contribution in [2.24, 2.45) is 5.92 Å². The molecule has 1 aliphatic carbocycles. The number of carbonyl (C=O) groups excluding carboxylic acids is 1. The van der Waals surface area contributed by atoms with Gasteiger partial charge in [-0.3, -0.25) is 0 Å². The van der Waals surface area contributed by atoms with Gasteiger partial charge in [0.25, 0.3) is 0 Å². The van der Waals surface area contributed by atoms with Crippen molar-refractivity contribution in [1.82, 2.24) is 9.97 Å². The van der Waals surface area contributed by atoms with Crippen LogP contribution in [0.5, 0.6) is 11.5 Å². The molecule has 2 aromatic carbocycles. The van der Waals surface area contributed by atoms with Gasteiger partial charge >= 0.3 is 5.97 Å². The van der Waals surface area contributed by atoms with Crippen LogP contribution < -0.4 is 9.47 Å². The van der Waals surface area contributed by atoms with Gasteiger partial charge in [-0.05, 0) is 67.1 Å². The average molecular weight is 565 g/mol.